The van der Waals surface area contributed by atoms with E-state index in [4.69, 9.17) is 0 Å². The number of nitrogens with one attached hydrogen (secondary N) is 1. The monoisotopic (exact) mass is 247 g/mol. The SMILES string of the molecule is CCCCNC(C)C(O)c1ccc2c(c1)CCC2. The molecule has 0 saturated heterocycles. The molecular weight excluding hydrogens is 222 g/mol. The van der Waals surface area contributed by atoms with Crippen LogP contribution in [0.1, 0.15) is 55.9 Å². The lowest BCUT2D eigenvalue weighted by Gasteiger charge is -2.21. The predicted molar refractivity (Wildman–Crippen MR) is 75.8 cm³/mol. The number of aliphatic hydroxyl groups excluding tert-OH is 1. The fourth-order valence-electron chi connectivity index (χ4n) is 2.68. The third kappa shape index (κ3) is 3.12. The van der Waals surface area contributed by atoms with E-state index in [1.165, 1.54) is 43.2 Å². The zero-order chi connectivity index (χ0) is 13.0. The third-order valence-electron chi connectivity index (χ3n) is 3.93. The number of benzene rings is 1. The van der Waals surface area contributed by atoms with Crippen molar-refractivity contribution in [3.05, 3.63) is 34.9 Å². The Morgan fingerprint density at radius 2 is 2.06 bits per heavy atom. The summed E-state index contributed by atoms with van der Waals surface area (Å²) < 4.78 is 0. The quantitative estimate of drug-likeness (QED) is 0.757. The Kier molecular flexibility index (Phi) is 4.79. The maximum atomic E-state index is 10.4. The van der Waals surface area contributed by atoms with E-state index in [0.717, 1.165) is 12.1 Å². The lowest BCUT2D eigenvalue weighted by molar-refractivity contribution is 0.136. The van der Waals surface area contributed by atoms with Crippen LogP contribution in [-0.4, -0.2) is 17.7 Å². The van der Waals surface area contributed by atoms with E-state index in [1.807, 2.05) is 0 Å². The van der Waals surface area contributed by atoms with Crippen LogP contribution >= 0.6 is 0 Å². The second-order valence-corrected chi connectivity index (χ2v) is 5.42. The van der Waals surface area contributed by atoms with E-state index >= 15 is 0 Å². The van der Waals surface area contributed by atoms with Crippen molar-refractivity contribution in [2.24, 2.45) is 0 Å². The average molecular weight is 247 g/mol. The Morgan fingerprint density at radius 1 is 1.28 bits per heavy atom. The van der Waals surface area contributed by atoms with Crippen LogP contribution in [0, 0.1) is 0 Å². The molecule has 2 heteroatoms. The van der Waals surface area contributed by atoms with Crippen molar-refractivity contribution in [1.29, 1.82) is 0 Å². The summed E-state index contributed by atoms with van der Waals surface area (Å²) in [5, 5.41) is 13.8. The van der Waals surface area contributed by atoms with Gasteiger partial charge in [0.1, 0.15) is 0 Å². The van der Waals surface area contributed by atoms with Gasteiger partial charge in [-0.15, -0.1) is 0 Å². The first kappa shape index (κ1) is 13.6. The number of aliphatic hydroxyl groups is 1. The minimum Gasteiger partial charge on any atom is -0.387 e. The Balaban J connectivity index is 1.97. The number of hydrogen-bond donors (Lipinski definition) is 2. The van der Waals surface area contributed by atoms with Crippen LogP contribution in [0.5, 0.6) is 0 Å². The molecule has 0 bridgehead atoms. The van der Waals surface area contributed by atoms with E-state index in [9.17, 15) is 5.11 Å². The van der Waals surface area contributed by atoms with Crippen LogP contribution in [0.15, 0.2) is 18.2 Å². The maximum absolute atomic E-state index is 10.4. The molecule has 2 atom stereocenters. The van der Waals surface area contributed by atoms with Gasteiger partial charge in [0, 0.05) is 6.04 Å². The molecular formula is C16H25NO. The highest BCUT2D eigenvalue weighted by Crippen LogP contribution is 2.26. The standard InChI is InChI=1S/C16H25NO/c1-3-4-10-17-12(2)16(18)15-9-8-13-6-5-7-14(13)11-15/h8-9,11-12,16-18H,3-7,10H2,1-2H3. The first-order valence-corrected chi connectivity index (χ1v) is 7.25. The smallest absolute Gasteiger partial charge is 0.0940 e. The van der Waals surface area contributed by atoms with Crippen molar-refractivity contribution in [2.45, 2.75) is 58.1 Å². The van der Waals surface area contributed by atoms with E-state index in [1.54, 1.807) is 0 Å². The highest BCUT2D eigenvalue weighted by molar-refractivity contribution is 5.36. The second kappa shape index (κ2) is 6.35. The van der Waals surface area contributed by atoms with Gasteiger partial charge in [0.2, 0.25) is 0 Å². The lowest BCUT2D eigenvalue weighted by atomic mass is 9.99. The van der Waals surface area contributed by atoms with E-state index in [2.05, 4.69) is 37.4 Å². The van der Waals surface area contributed by atoms with Crippen LogP contribution in [0.4, 0.5) is 0 Å². The van der Waals surface area contributed by atoms with Gasteiger partial charge in [0.25, 0.3) is 0 Å². The second-order valence-electron chi connectivity index (χ2n) is 5.42. The molecule has 0 fully saturated rings. The summed E-state index contributed by atoms with van der Waals surface area (Å²) in [6.07, 6.45) is 5.60. The van der Waals surface area contributed by atoms with E-state index < -0.39 is 6.10 Å². The van der Waals surface area contributed by atoms with Gasteiger partial charge in [-0.2, -0.15) is 0 Å². The summed E-state index contributed by atoms with van der Waals surface area (Å²) in [6, 6.07) is 6.60. The van der Waals surface area contributed by atoms with Crippen LogP contribution in [0.2, 0.25) is 0 Å². The Bertz CT molecular complexity index is 389. The highest BCUT2D eigenvalue weighted by Gasteiger charge is 2.18. The molecule has 1 aromatic carbocycles. The molecule has 0 saturated carbocycles. The van der Waals surface area contributed by atoms with Crippen LogP contribution in [-0.2, 0) is 12.8 Å². The fraction of sp³-hybridized carbons (Fsp3) is 0.625. The first-order valence-electron chi connectivity index (χ1n) is 7.25. The predicted octanol–water partition coefficient (Wildman–Crippen LogP) is 2.99. The van der Waals surface area contributed by atoms with Crippen molar-refractivity contribution in [2.75, 3.05) is 6.54 Å². The summed E-state index contributed by atoms with van der Waals surface area (Å²) in [5.74, 6) is 0. The van der Waals surface area contributed by atoms with Crippen LogP contribution < -0.4 is 5.32 Å². The van der Waals surface area contributed by atoms with Crippen LogP contribution in [0.3, 0.4) is 0 Å². The zero-order valence-corrected chi connectivity index (χ0v) is 11.6. The molecule has 1 aliphatic carbocycles. The largest absolute Gasteiger partial charge is 0.387 e. The van der Waals surface area contributed by atoms with Crippen molar-refractivity contribution in [1.82, 2.24) is 5.32 Å². The van der Waals surface area contributed by atoms with Gasteiger partial charge in [-0.1, -0.05) is 31.5 Å². The molecule has 18 heavy (non-hydrogen) atoms. The lowest BCUT2D eigenvalue weighted by Crippen LogP contribution is -2.32. The minimum absolute atomic E-state index is 0.121. The van der Waals surface area contributed by atoms with E-state index in [-0.39, 0.29) is 6.04 Å². The number of hydrogen-bond acceptors (Lipinski definition) is 2. The van der Waals surface area contributed by atoms with Crippen LogP contribution in [0.25, 0.3) is 0 Å². The molecule has 0 amide bonds. The minimum atomic E-state index is -0.396. The van der Waals surface area contributed by atoms with Gasteiger partial charge < -0.3 is 10.4 Å². The average Bonchev–Trinajstić information content (AvgIpc) is 2.85. The molecule has 0 radical (unpaired) electrons. The Labute approximate surface area is 110 Å². The summed E-state index contributed by atoms with van der Waals surface area (Å²) >= 11 is 0. The van der Waals surface area contributed by atoms with Crippen molar-refractivity contribution in [3.63, 3.8) is 0 Å². The van der Waals surface area contributed by atoms with Gasteiger partial charge in [-0.25, -0.2) is 0 Å². The summed E-state index contributed by atoms with van der Waals surface area (Å²) in [5.41, 5.74) is 3.97. The van der Waals surface area contributed by atoms with Gasteiger partial charge in [0.05, 0.1) is 6.10 Å². The van der Waals surface area contributed by atoms with Crippen molar-refractivity contribution >= 4 is 0 Å². The van der Waals surface area contributed by atoms with Crippen molar-refractivity contribution < 1.29 is 5.11 Å². The Hall–Kier alpha value is -0.860. The summed E-state index contributed by atoms with van der Waals surface area (Å²) in [4.78, 5) is 0. The Morgan fingerprint density at radius 3 is 2.83 bits per heavy atom. The zero-order valence-electron chi connectivity index (χ0n) is 11.6. The molecule has 2 nitrogen and oxygen atoms in total. The topological polar surface area (TPSA) is 32.3 Å². The molecule has 2 N–H and O–H groups in total. The third-order valence-corrected chi connectivity index (χ3v) is 3.93. The number of fused-ring (bicyclic) bond motifs is 1. The summed E-state index contributed by atoms with van der Waals surface area (Å²) in [6.45, 7) is 5.23. The molecule has 2 rings (SSSR count). The number of rotatable bonds is 6. The molecule has 0 aliphatic heterocycles. The fourth-order valence-corrected chi connectivity index (χ4v) is 2.68. The van der Waals surface area contributed by atoms with Crippen molar-refractivity contribution in [3.8, 4) is 0 Å². The molecule has 0 spiro atoms. The number of unbranched alkanes of at least 4 members (excludes halogenated alkanes) is 1. The summed E-state index contributed by atoms with van der Waals surface area (Å²) in [7, 11) is 0. The normalized spacial score (nSPS) is 17.5. The maximum Gasteiger partial charge on any atom is 0.0940 e. The molecule has 0 heterocycles. The van der Waals surface area contributed by atoms with Gasteiger partial charge in [-0.3, -0.25) is 0 Å². The molecule has 2 unspecified atom stereocenters. The van der Waals surface area contributed by atoms with Gasteiger partial charge in [-0.05, 0) is 55.8 Å². The molecule has 0 aromatic heterocycles. The molecule has 100 valence electrons. The highest BCUT2D eigenvalue weighted by atomic mass is 16.3. The van der Waals surface area contributed by atoms with E-state index in [0.29, 0.717) is 0 Å². The number of aryl methyl sites for hydroxylation is 2. The van der Waals surface area contributed by atoms with Gasteiger partial charge >= 0.3 is 0 Å². The first-order chi connectivity index (χ1) is 8.72. The molecule has 1 aromatic rings. The molecule has 1 aliphatic rings. The van der Waals surface area contributed by atoms with Gasteiger partial charge in [0.15, 0.2) is 0 Å².